The van der Waals surface area contributed by atoms with Crippen molar-refractivity contribution in [2.24, 2.45) is 0 Å². The highest BCUT2D eigenvalue weighted by Gasteiger charge is 2.19. The van der Waals surface area contributed by atoms with Gasteiger partial charge in [0, 0.05) is 18.8 Å². The number of nitrogens with two attached hydrogens (primary N) is 1. The highest BCUT2D eigenvalue weighted by molar-refractivity contribution is 5.83. The summed E-state index contributed by atoms with van der Waals surface area (Å²) in [5.74, 6) is 0.0790. The Kier molecular flexibility index (Phi) is 4.35. The van der Waals surface area contributed by atoms with Crippen LogP contribution in [0.15, 0.2) is 24.3 Å². The summed E-state index contributed by atoms with van der Waals surface area (Å²) in [5.41, 5.74) is 7.37. The Morgan fingerprint density at radius 3 is 2.19 bits per heavy atom. The van der Waals surface area contributed by atoms with E-state index in [2.05, 4.69) is 0 Å². The molecule has 0 fully saturated rings. The summed E-state index contributed by atoms with van der Waals surface area (Å²) in [6, 6.07) is 7.51. The van der Waals surface area contributed by atoms with Gasteiger partial charge in [-0.3, -0.25) is 4.79 Å². The van der Waals surface area contributed by atoms with Gasteiger partial charge in [-0.2, -0.15) is 0 Å². The highest BCUT2D eigenvalue weighted by atomic mass is 16.2. The number of hydrogen-bond donors (Lipinski definition) is 1. The smallest absolute Gasteiger partial charge is 0.229 e. The molecule has 0 aliphatic heterocycles. The van der Waals surface area contributed by atoms with Gasteiger partial charge in [-0.15, -0.1) is 0 Å². The van der Waals surface area contributed by atoms with Gasteiger partial charge in [0.05, 0.1) is 5.92 Å². The van der Waals surface area contributed by atoms with Gasteiger partial charge in [0.25, 0.3) is 0 Å². The summed E-state index contributed by atoms with van der Waals surface area (Å²) in [5, 5.41) is 0. The molecule has 0 aliphatic rings. The summed E-state index contributed by atoms with van der Waals surface area (Å²) in [4.78, 5) is 13.9. The van der Waals surface area contributed by atoms with Gasteiger partial charge in [-0.05, 0) is 38.5 Å². The van der Waals surface area contributed by atoms with E-state index in [4.69, 9.17) is 5.73 Å². The minimum atomic E-state index is -0.0968. The van der Waals surface area contributed by atoms with Gasteiger partial charge in [-0.1, -0.05) is 12.1 Å². The van der Waals surface area contributed by atoms with Gasteiger partial charge in [0.1, 0.15) is 0 Å². The van der Waals surface area contributed by atoms with E-state index < -0.39 is 0 Å². The lowest BCUT2D eigenvalue weighted by Gasteiger charge is -2.23. The second-order valence-electron chi connectivity index (χ2n) is 3.90. The van der Waals surface area contributed by atoms with E-state index in [0.29, 0.717) is 0 Å². The molecule has 1 atom stereocenters. The first-order valence-corrected chi connectivity index (χ1v) is 5.74. The van der Waals surface area contributed by atoms with Crippen molar-refractivity contribution in [2.45, 2.75) is 26.7 Å². The van der Waals surface area contributed by atoms with Crippen molar-refractivity contribution < 1.29 is 4.79 Å². The molecule has 0 saturated carbocycles. The average Bonchev–Trinajstić information content (AvgIpc) is 2.30. The lowest BCUT2D eigenvalue weighted by Crippen LogP contribution is -2.33. The molecule has 1 aromatic rings. The molecule has 88 valence electrons. The minimum absolute atomic E-state index is 0.0968. The van der Waals surface area contributed by atoms with E-state index in [1.807, 2.05) is 49.9 Å². The number of carbonyl (C=O) groups excluding carboxylic acids is 1. The van der Waals surface area contributed by atoms with Crippen molar-refractivity contribution in [3.63, 3.8) is 0 Å². The zero-order valence-electron chi connectivity index (χ0n) is 10.2. The summed E-state index contributed by atoms with van der Waals surface area (Å²) in [6.45, 7) is 7.45. The first-order valence-electron chi connectivity index (χ1n) is 5.74. The van der Waals surface area contributed by atoms with Crippen molar-refractivity contribution in [1.29, 1.82) is 0 Å². The molecular weight excluding hydrogens is 200 g/mol. The van der Waals surface area contributed by atoms with Crippen molar-refractivity contribution in [2.75, 3.05) is 18.8 Å². The summed E-state index contributed by atoms with van der Waals surface area (Å²) in [6.07, 6.45) is 0. The third-order valence-electron chi connectivity index (χ3n) is 2.88. The fraction of sp³-hybridized carbons (Fsp3) is 0.462. The van der Waals surface area contributed by atoms with Gasteiger partial charge in [-0.25, -0.2) is 0 Å². The number of anilines is 1. The summed E-state index contributed by atoms with van der Waals surface area (Å²) < 4.78 is 0. The molecule has 1 rings (SSSR count). The third-order valence-corrected chi connectivity index (χ3v) is 2.88. The van der Waals surface area contributed by atoms with Gasteiger partial charge in [0.2, 0.25) is 5.91 Å². The minimum Gasteiger partial charge on any atom is -0.399 e. The van der Waals surface area contributed by atoms with Crippen LogP contribution in [0.2, 0.25) is 0 Å². The second kappa shape index (κ2) is 5.54. The van der Waals surface area contributed by atoms with Crippen LogP contribution >= 0.6 is 0 Å². The fourth-order valence-electron chi connectivity index (χ4n) is 1.74. The van der Waals surface area contributed by atoms with Crippen molar-refractivity contribution >= 4 is 11.6 Å². The Labute approximate surface area is 97.2 Å². The number of carbonyl (C=O) groups is 1. The molecule has 2 N–H and O–H groups in total. The molecule has 16 heavy (non-hydrogen) atoms. The van der Waals surface area contributed by atoms with Crippen LogP contribution < -0.4 is 5.73 Å². The second-order valence-corrected chi connectivity index (χ2v) is 3.90. The van der Waals surface area contributed by atoms with E-state index in [1.165, 1.54) is 0 Å². The van der Waals surface area contributed by atoms with E-state index >= 15 is 0 Å². The predicted molar refractivity (Wildman–Crippen MR) is 67.2 cm³/mol. The number of nitrogens with zero attached hydrogens (tertiary/aromatic N) is 1. The molecule has 1 aromatic carbocycles. The van der Waals surface area contributed by atoms with Crippen molar-refractivity contribution in [3.05, 3.63) is 29.8 Å². The fourth-order valence-corrected chi connectivity index (χ4v) is 1.74. The number of likely N-dealkylation sites (N-methyl/N-ethyl adjacent to an activating group) is 1. The first kappa shape index (κ1) is 12.6. The predicted octanol–water partition coefficient (Wildman–Crippen LogP) is 2.24. The van der Waals surface area contributed by atoms with Crippen LogP contribution in [0.1, 0.15) is 32.3 Å². The number of benzene rings is 1. The Hall–Kier alpha value is -1.51. The molecule has 0 heterocycles. The topological polar surface area (TPSA) is 46.3 Å². The van der Waals surface area contributed by atoms with E-state index in [-0.39, 0.29) is 11.8 Å². The molecule has 3 heteroatoms. The Morgan fingerprint density at radius 2 is 1.75 bits per heavy atom. The maximum absolute atomic E-state index is 12.1. The van der Waals surface area contributed by atoms with Crippen LogP contribution in [0, 0.1) is 0 Å². The summed E-state index contributed by atoms with van der Waals surface area (Å²) in [7, 11) is 0. The largest absolute Gasteiger partial charge is 0.399 e. The third kappa shape index (κ3) is 2.75. The zero-order valence-corrected chi connectivity index (χ0v) is 10.2. The maximum atomic E-state index is 12.1. The zero-order chi connectivity index (χ0) is 12.1. The van der Waals surface area contributed by atoms with Crippen LogP contribution in [0.5, 0.6) is 0 Å². The average molecular weight is 220 g/mol. The molecule has 0 saturated heterocycles. The molecule has 1 unspecified atom stereocenters. The van der Waals surface area contributed by atoms with E-state index in [1.54, 1.807) is 0 Å². The molecule has 0 radical (unpaired) electrons. The van der Waals surface area contributed by atoms with Crippen molar-refractivity contribution in [3.8, 4) is 0 Å². The number of rotatable bonds is 4. The number of amides is 1. The molecule has 3 nitrogen and oxygen atoms in total. The van der Waals surface area contributed by atoms with Crippen LogP contribution in [0.3, 0.4) is 0 Å². The monoisotopic (exact) mass is 220 g/mol. The molecule has 0 bridgehead atoms. The SMILES string of the molecule is CCN(CC)C(=O)C(C)c1ccc(N)cc1. The lowest BCUT2D eigenvalue weighted by molar-refractivity contribution is -0.132. The number of hydrogen-bond acceptors (Lipinski definition) is 2. The quantitative estimate of drug-likeness (QED) is 0.791. The van der Waals surface area contributed by atoms with Crippen LogP contribution in [0.4, 0.5) is 5.69 Å². The molecule has 0 aliphatic carbocycles. The van der Waals surface area contributed by atoms with Gasteiger partial charge >= 0.3 is 0 Å². The van der Waals surface area contributed by atoms with E-state index in [0.717, 1.165) is 24.3 Å². The standard InChI is InChI=1S/C13H20N2O/c1-4-15(5-2)13(16)10(3)11-6-8-12(14)9-7-11/h6-10H,4-5,14H2,1-3H3. The van der Waals surface area contributed by atoms with Gasteiger partial charge < -0.3 is 10.6 Å². The van der Waals surface area contributed by atoms with Gasteiger partial charge in [0.15, 0.2) is 0 Å². The molecule has 0 aromatic heterocycles. The number of nitrogen functional groups attached to an aromatic ring is 1. The van der Waals surface area contributed by atoms with E-state index in [9.17, 15) is 4.79 Å². The van der Waals surface area contributed by atoms with Crippen molar-refractivity contribution in [1.82, 2.24) is 4.90 Å². The summed E-state index contributed by atoms with van der Waals surface area (Å²) >= 11 is 0. The molecule has 0 spiro atoms. The normalized spacial score (nSPS) is 12.2. The lowest BCUT2D eigenvalue weighted by atomic mass is 9.99. The molecule has 1 amide bonds. The van der Waals surface area contributed by atoms with Crippen LogP contribution in [-0.4, -0.2) is 23.9 Å². The Morgan fingerprint density at radius 1 is 1.25 bits per heavy atom. The molecular formula is C13H20N2O. The highest BCUT2D eigenvalue weighted by Crippen LogP contribution is 2.19. The Bertz CT molecular complexity index is 341. The van der Waals surface area contributed by atoms with Crippen LogP contribution in [-0.2, 0) is 4.79 Å². The first-order chi connectivity index (χ1) is 7.60. The Balaban J connectivity index is 2.81. The van der Waals surface area contributed by atoms with Crippen LogP contribution in [0.25, 0.3) is 0 Å². The maximum Gasteiger partial charge on any atom is 0.229 e.